The first kappa shape index (κ1) is 9.19. The molecular weight excluding hydrogens is 226 g/mol. The molecule has 4 heteroatoms. The molecule has 0 saturated carbocycles. The largest absolute Gasteiger partial charge is 0.314 e. The summed E-state index contributed by atoms with van der Waals surface area (Å²) in [5, 5.41) is 10.1. The molecule has 0 radical (unpaired) electrons. The highest BCUT2D eigenvalue weighted by Gasteiger charge is 2.03. The maximum Gasteiger partial charge on any atom is 0.0579 e. The van der Waals surface area contributed by atoms with Gasteiger partial charge in [0.05, 0.1) is 6.54 Å². The molecule has 0 unspecified atom stereocenters. The van der Waals surface area contributed by atoms with Crippen molar-refractivity contribution in [2.45, 2.75) is 13.5 Å². The summed E-state index contributed by atoms with van der Waals surface area (Å²) in [6.45, 7) is 2.65. The SMILES string of the molecule is Cc1sc(CN(C)O)cc1Br. The normalized spacial score (nSPS) is 11.0. The molecule has 0 aliphatic rings. The van der Waals surface area contributed by atoms with E-state index in [4.69, 9.17) is 5.21 Å². The van der Waals surface area contributed by atoms with Crippen molar-refractivity contribution in [3.8, 4) is 0 Å². The fourth-order valence-corrected chi connectivity index (χ4v) is 2.47. The first-order valence-corrected chi connectivity index (χ1v) is 4.85. The molecular formula is C7H10BrNOS. The van der Waals surface area contributed by atoms with Gasteiger partial charge in [-0.1, -0.05) is 0 Å². The lowest BCUT2D eigenvalue weighted by Crippen LogP contribution is -2.10. The number of rotatable bonds is 2. The van der Waals surface area contributed by atoms with E-state index in [1.54, 1.807) is 18.4 Å². The van der Waals surface area contributed by atoms with Crippen molar-refractivity contribution in [1.29, 1.82) is 0 Å². The molecule has 0 aromatic carbocycles. The highest BCUT2D eigenvalue weighted by Crippen LogP contribution is 2.26. The van der Waals surface area contributed by atoms with Crippen molar-refractivity contribution < 1.29 is 5.21 Å². The minimum atomic E-state index is 0.594. The summed E-state index contributed by atoms with van der Waals surface area (Å²) in [4.78, 5) is 2.42. The van der Waals surface area contributed by atoms with Crippen LogP contribution in [0.2, 0.25) is 0 Å². The molecule has 0 aliphatic heterocycles. The lowest BCUT2D eigenvalue weighted by atomic mass is 10.4. The van der Waals surface area contributed by atoms with E-state index < -0.39 is 0 Å². The standard InChI is InChI=1S/C7H10BrNOS/c1-5-7(8)3-6(11-5)4-9(2)10/h3,10H,4H2,1-2H3. The molecule has 0 fully saturated rings. The summed E-state index contributed by atoms with van der Waals surface area (Å²) in [5.41, 5.74) is 0. The van der Waals surface area contributed by atoms with Crippen LogP contribution in [0.4, 0.5) is 0 Å². The first-order chi connectivity index (χ1) is 5.09. The van der Waals surface area contributed by atoms with E-state index in [1.165, 1.54) is 14.8 Å². The Labute approximate surface area is 78.5 Å². The molecule has 0 atom stereocenters. The predicted octanol–water partition coefficient (Wildman–Crippen LogP) is 2.64. The Bertz CT molecular complexity index is 227. The fraction of sp³-hybridized carbons (Fsp3) is 0.429. The van der Waals surface area contributed by atoms with E-state index >= 15 is 0 Å². The number of hydrogen-bond donors (Lipinski definition) is 1. The molecule has 1 rings (SSSR count). The average molecular weight is 236 g/mol. The van der Waals surface area contributed by atoms with Gasteiger partial charge in [-0.3, -0.25) is 0 Å². The zero-order valence-electron chi connectivity index (χ0n) is 6.47. The number of hydrogen-bond acceptors (Lipinski definition) is 3. The van der Waals surface area contributed by atoms with Crippen molar-refractivity contribution >= 4 is 27.3 Å². The number of halogens is 1. The van der Waals surface area contributed by atoms with Crippen LogP contribution >= 0.6 is 27.3 Å². The highest BCUT2D eigenvalue weighted by atomic mass is 79.9. The van der Waals surface area contributed by atoms with Crippen LogP contribution in [0.25, 0.3) is 0 Å². The predicted molar refractivity (Wildman–Crippen MR) is 50.0 cm³/mol. The summed E-state index contributed by atoms with van der Waals surface area (Å²) in [5.74, 6) is 0. The summed E-state index contributed by atoms with van der Waals surface area (Å²) < 4.78 is 1.12. The maximum atomic E-state index is 8.93. The highest BCUT2D eigenvalue weighted by molar-refractivity contribution is 9.10. The van der Waals surface area contributed by atoms with E-state index in [-0.39, 0.29) is 0 Å². The Morgan fingerprint density at radius 1 is 1.73 bits per heavy atom. The van der Waals surface area contributed by atoms with Gasteiger partial charge in [-0.25, -0.2) is 0 Å². The van der Waals surface area contributed by atoms with E-state index in [0.29, 0.717) is 6.54 Å². The van der Waals surface area contributed by atoms with E-state index in [2.05, 4.69) is 22.9 Å². The molecule has 0 spiro atoms. The minimum absolute atomic E-state index is 0.594. The molecule has 0 amide bonds. The molecule has 0 aliphatic carbocycles. The molecule has 0 bridgehead atoms. The van der Waals surface area contributed by atoms with Gasteiger partial charge in [0.1, 0.15) is 0 Å². The minimum Gasteiger partial charge on any atom is -0.314 e. The van der Waals surface area contributed by atoms with Crippen LogP contribution in [0.15, 0.2) is 10.5 Å². The molecule has 11 heavy (non-hydrogen) atoms. The van der Waals surface area contributed by atoms with Gasteiger partial charge in [-0.2, -0.15) is 5.06 Å². The van der Waals surface area contributed by atoms with Gasteiger partial charge in [0.2, 0.25) is 0 Å². The number of aryl methyl sites for hydroxylation is 1. The maximum absolute atomic E-state index is 8.93. The van der Waals surface area contributed by atoms with Gasteiger partial charge in [0, 0.05) is 21.3 Å². The van der Waals surface area contributed by atoms with E-state index in [9.17, 15) is 0 Å². The van der Waals surface area contributed by atoms with Crippen molar-refractivity contribution in [2.75, 3.05) is 7.05 Å². The average Bonchev–Trinajstić information content (AvgIpc) is 2.10. The zero-order chi connectivity index (χ0) is 8.43. The Morgan fingerprint density at radius 3 is 2.73 bits per heavy atom. The van der Waals surface area contributed by atoms with Crippen LogP contribution in [0.1, 0.15) is 9.75 Å². The van der Waals surface area contributed by atoms with Crippen molar-refractivity contribution in [3.63, 3.8) is 0 Å². The van der Waals surface area contributed by atoms with Gasteiger partial charge in [-0.15, -0.1) is 11.3 Å². The number of thiophene rings is 1. The topological polar surface area (TPSA) is 23.5 Å². The molecule has 0 saturated heterocycles. The second-order valence-corrected chi connectivity index (χ2v) is 4.63. The lowest BCUT2D eigenvalue weighted by molar-refractivity contribution is -0.0723. The first-order valence-electron chi connectivity index (χ1n) is 3.24. The van der Waals surface area contributed by atoms with Crippen LogP contribution < -0.4 is 0 Å². The van der Waals surface area contributed by atoms with E-state index in [0.717, 1.165) is 4.47 Å². The molecule has 1 aromatic heterocycles. The van der Waals surface area contributed by atoms with Crippen molar-refractivity contribution in [3.05, 3.63) is 20.3 Å². The molecule has 1 heterocycles. The van der Waals surface area contributed by atoms with Crippen LogP contribution in [-0.2, 0) is 6.54 Å². The monoisotopic (exact) mass is 235 g/mol. The van der Waals surface area contributed by atoms with Gasteiger partial charge >= 0.3 is 0 Å². The molecule has 1 aromatic rings. The zero-order valence-corrected chi connectivity index (χ0v) is 8.87. The van der Waals surface area contributed by atoms with Crippen LogP contribution in [0, 0.1) is 6.92 Å². The van der Waals surface area contributed by atoms with Gasteiger partial charge in [0.15, 0.2) is 0 Å². The number of hydroxylamine groups is 2. The summed E-state index contributed by atoms with van der Waals surface area (Å²) >= 11 is 5.11. The van der Waals surface area contributed by atoms with Crippen LogP contribution in [-0.4, -0.2) is 17.3 Å². The van der Waals surface area contributed by atoms with Gasteiger partial charge in [0.25, 0.3) is 0 Å². The second-order valence-electron chi connectivity index (χ2n) is 2.43. The van der Waals surface area contributed by atoms with Gasteiger partial charge in [-0.05, 0) is 28.9 Å². The molecule has 62 valence electrons. The second kappa shape index (κ2) is 3.67. The molecule has 2 nitrogen and oxygen atoms in total. The third-order valence-electron chi connectivity index (χ3n) is 1.29. The third-order valence-corrected chi connectivity index (χ3v) is 3.41. The fourth-order valence-electron chi connectivity index (χ4n) is 0.821. The molecule has 1 N–H and O–H groups in total. The lowest BCUT2D eigenvalue weighted by Gasteiger charge is -2.03. The number of nitrogens with zero attached hydrogens (tertiary/aromatic N) is 1. The Hall–Kier alpha value is 0.100. The summed E-state index contributed by atoms with van der Waals surface area (Å²) in [7, 11) is 1.64. The summed E-state index contributed by atoms with van der Waals surface area (Å²) in [6, 6.07) is 2.03. The van der Waals surface area contributed by atoms with Crippen LogP contribution in [0.5, 0.6) is 0 Å². The Kier molecular flexibility index (Phi) is 3.06. The van der Waals surface area contributed by atoms with E-state index in [1.807, 2.05) is 6.07 Å². The van der Waals surface area contributed by atoms with Crippen LogP contribution in [0.3, 0.4) is 0 Å². The smallest absolute Gasteiger partial charge is 0.0579 e. The third kappa shape index (κ3) is 2.56. The summed E-state index contributed by atoms with van der Waals surface area (Å²) in [6.07, 6.45) is 0. The van der Waals surface area contributed by atoms with Crippen molar-refractivity contribution in [2.24, 2.45) is 0 Å². The Balaban J connectivity index is 2.73. The quantitative estimate of drug-likeness (QED) is 0.798. The Morgan fingerprint density at radius 2 is 2.36 bits per heavy atom. The van der Waals surface area contributed by atoms with Crippen molar-refractivity contribution in [1.82, 2.24) is 5.06 Å². The van der Waals surface area contributed by atoms with Gasteiger partial charge < -0.3 is 5.21 Å².